The molecular formula is C40H52ClN5O6S. The average molecular weight is 766 g/mol. The molecule has 2 aromatic heterocycles. The highest BCUT2D eigenvalue weighted by Gasteiger charge is 2.52. The highest BCUT2D eigenvalue weighted by atomic mass is 35.5. The third-order valence-corrected chi connectivity index (χ3v) is 12.4. The molecule has 13 heteroatoms. The predicted molar refractivity (Wildman–Crippen MR) is 208 cm³/mol. The summed E-state index contributed by atoms with van der Waals surface area (Å²) in [6, 6.07) is 5.21. The lowest BCUT2D eigenvalue weighted by molar-refractivity contribution is -0.148. The van der Waals surface area contributed by atoms with Gasteiger partial charge in [-0.05, 0) is 70.9 Å². The number of methoxy groups -OCH3 is 1. The van der Waals surface area contributed by atoms with Crippen molar-refractivity contribution in [3.8, 4) is 22.9 Å². The number of aromatic nitrogens is 2. The van der Waals surface area contributed by atoms with Crippen molar-refractivity contribution in [2.24, 2.45) is 10.9 Å². The number of thiazole rings is 1. The van der Waals surface area contributed by atoms with Crippen molar-refractivity contribution in [3.05, 3.63) is 28.6 Å². The van der Waals surface area contributed by atoms with Crippen molar-refractivity contribution >= 4 is 57.2 Å². The van der Waals surface area contributed by atoms with Crippen LogP contribution in [0.2, 0.25) is 5.02 Å². The van der Waals surface area contributed by atoms with Crippen LogP contribution < -0.4 is 14.8 Å². The van der Waals surface area contributed by atoms with Crippen LogP contribution >= 0.6 is 22.9 Å². The SMILES string of the molecule is COc1ccc2c(OC3CC4C(OC=O)=NC5(C)CC5CCCCCCCC(OC5CCCC5)C(=O)N4C3)cc(-c3csc(NC(C)C)n3)nc2c1Cl. The number of hydrogen-bond donors (Lipinski definition) is 1. The van der Waals surface area contributed by atoms with Gasteiger partial charge in [0.25, 0.3) is 12.4 Å². The number of hydrogen-bond acceptors (Lipinski definition) is 11. The summed E-state index contributed by atoms with van der Waals surface area (Å²) in [6.07, 6.45) is 11.8. The fourth-order valence-electron chi connectivity index (χ4n) is 8.25. The zero-order valence-electron chi connectivity index (χ0n) is 31.3. The Labute approximate surface area is 321 Å². The molecular weight excluding hydrogens is 714 g/mol. The molecule has 5 unspecified atom stereocenters. The number of amides is 1. The van der Waals surface area contributed by atoms with E-state index in [1.54, 1.807) is 18.1 Å². The molecule has 0 bridgehead atoms. The van der Waals surface area contributed by atoms with E-state index in [4.69, 9.17) is 45.5 Å². The van der Waals surface area contributed by atoms with E-state index in [1.807, 2.05) is 17.5 Å². The van der Waals surface area contributed by atoms with Crippen molar-refractivity contribution in [1.82, 2.24) is 14.9 Å². The van der Waals surface area contributed by atoms with Gasteiger partial charge in [-0.1, -0.05) is 56.5 Å². The zero-order chi connectivity index (χ0) is 37.1. The summed E-state index contributed by atoms with van der Waals surface area (Å²) >= 11 is 8.38. The Bertz CT molecular complexity index is 1810. The maximum Gasteiger partial charge on any atom is 0.299 e. The lowest BCUT2D eigenvalue weighted by atomic mass is 10.0. The molecule has 3 aromatic rings. The van der Waals surface area contributed by atoms with Gasteiger partial charge in [0, 0.05) is 29.3 Å². The molecule has 1 N–H and O–H groups in total. The summed E-state index contributed by atoms with van der Waals surface area (Å²) in [5.74, 6) is 1.67. The van der Waals surface area contributed by atoms with E-state index in [9.17, 15) is 9.59 Å². The van der Waals surface area contributed by atoms with Crippen molar-refractivity contribution in [1.29, 1.82) is 0 Å². The molecule has 53 heavy (non-hydrogen) atoms. The highest BCUT2D eigenvalue weighted by molar-refractivity contribution is 7.14. The molecule has 4 heterocycles. The lowest BCUT2D eigenvalue weighted by Crippen LogP contribution is -2.48. The molecule has 0 spiro atoms. The Morgan fingerprint density at radius 2 is 1.75 bits per heavy atom. The molecule has 2 aliphatic heterocycles. The minimum absolute atomic E-state index is 0.0787. The summed E-state index contributed by atoms with van der Waals surface area (Å²) in [5.41, 5.74) is 1.49. The number of carbonyl (C=O) groups excluding carboxylic acids is 2. The van der Waals surface area contributed by atoms with E-state index in [2.05, 4.69) is 26.1 Å². The minimum atomic E-state index is -0.588. The van der Waals surface area contributed by atoms with Gasteiger partial charge in [-0.25, -0.2) is 15.0 Å². The summed E-state index contributed by atoms with van der Waals surface area (Å²) < 4.78 is 24.7. The number of nitrogens with one attached hydrogen (secondary N) is 1. The number of pyridine rings is 1. The van der Waals surface area contributed by atoms with Crippen LogP contribution in [-0.4, -0.2) is 82.7 Å². The van der Waals surface area contributed by atoms with Gasteiger partial charge < -0.3 is 29.2 Å². The zero-order valence-corrected chi connectivity index (χ0v) is 32.8. The monoisotopic (exact) mass is 765 g/mol. The molecule has 7 rings (SSSR count). The van der Waals surface area contributed by atoms with Crippen molar-refractivity contribution < 1.29 is 28.5 Å². The van der Waals surface area contributed by atoms with E-state index in [-0.39, 0.29) is 36.0 Å². The van der Waals surface area contributed by atoms with E-state index in [0.717, 1.165) is 69.3 Å². The summed E-state index contributed by atoms with van der Waals surface area (Å²) in [4.78, 5) is 43.4. The smallest absolute Gasteiger partial charge is 0.299 e. The quantitative estimate of drug-likeness (QED) is 0.213. The fraction of sp³-hybridized carbons (Fsp3) is 0.625. The van der Waals surface area contributed by atoms with Gasteiger partial charge in [-0.3, -0.25) is 9.59 Å². The van der Waals surface area contributed by atoms with Gasteiger partial charge >= 0.3 is 0 Å². The Balaban J connectivity index is 1.25. The topological polar surface area (TPSA) is 124 Å². The first-order chi connectivity index (χ1) is 25.7. The second-order valence-corrected chi connectivity index (χ2v) is 16.8. The number of rotatable bonds is 9. The first kappa shape index (κ1) is 37.8. The fourth-order valence-corrected chi connectivity index (χ4v) is 9.39. The Morgan fingerprint density at radius 1 is 1.00 bits per heavy atom. The van der Waals surface area contributed by atoms with Crippen LogP contribution in [0, 0.1) is 5.92 Å². The second kappa shape index (κ2) is 16.5. The van der Waals surface area contributed by atoms with Crippen molar-refractivity contribution in [3.63, 3.8) is 0 Å². The van der Waals surface area contributed by atoms with Crippen LogP contribution in [0.15, 0.2) is 28.6 Å². The summed E-state index contributed by atoms with van der Waals surface area (Å²) in [6.45, 7) is 6.98. The number of halogens is 1. The standard InChI is InChI=1S/C40H52ClN5O6S/c1-24(2)42-39-44-30(22-53-39)29-19-34(28-16-17-32(49-4)35(41)36(28)43-29)52-27-18-31-37(50-23-47)45-40(3)20-25(40)12-8-6-5-7-9-15-33(38(48)46(31)21-27)51-26-13-10-11-14-26/h16-17,19,22-27,31,33H,5-15,18,20-21H2,1-4H3,(H,42,44). The molecule has 1 aromatic carbocycles. The molecule has 1 saturated heterocycles. The molecule has 0 radical (unpaired) electrons. The van der Waals surface area contributed by atoms with E-state index in [1.165, 1.54) is 17.8 Å². The first-order valence-electron chi connectivity index (χ1n) is 19.4. The Morgan fingerprint density at radius 3 is 2.51 bits per heavy atom. The maximum absolute atomic E-state index is 14.7. The van der Waals surface area contributed by atoms with Gasteiger partial charge in [0.2, 0.25) is 5.90 Å². The van der Waals surface area contributed by atoms with Crippen molar-refractivity contribution in [2.45, 2.75) is 140 Å². The van der Waals surface area contributed by atoms with Gasteiger partial charge in [-0.15, -0.1) is 11.3 Å². The third-order valence-electron chi connectivity index (χ3n) is 11.2. The van der Waals surface area contributed by atoms with Gasteiger partial charge in [0.15, 0.2) is 5.13 Å². The van der Waals surface area contributed by atoms with Gasteiger partial charge in [0.1, 0.15) is 40.5 Å². The number of nitrogens with zero attached hydrogens (tertiary/aromatic N) is 4. The Kier molecular flexibility index (Phi) is 11.8. The summed E-state index contributed by atoms with van der Waals surface area (Å²) in [7, 11) is 1.57. The third kappa shape index (κ3) is 8.60. The highest BCUT2D eigenvalue weighted by Crippen LogP contribution is 2.50. The molecule has 5 atom stereocenters. The number of anilines is 1. The number of ether oxygens (including phenoxy) is 4. The maximum atomic E-state index is 14.7. The summed E-state index contributed by atoms with van der Waals surface area (Å²) in [5, 5.41) is 7.18. The minimum Gasteiger partial charge on any atom is -0.495 e. The second-order valence-electron chi connectivity index (χ2n) is 15.6. The average Bonchev–Trinajstić information content (AvgIpc) is 3.64. The number of fused-ring (bicyclic) bond motifs is 3. The molecule has 11 nitrogen and oxygen atoms in total. The van der Waals surface area contributed by atoms with Crippen LogP contribution in [0.1, 0.15) is 104 Å². The van der Waals surface area contributed by atoms with Crippen LogP contribution in [0.25, 0.3) is 22.3 Å². The number of aliphatic imine (C=N–C) groups is 1. The molecule has 1 amide bonds. The molecule has 3 fully saturated rings. The number of carbonyl (C=O) groups is 2. The van der Waals surface area contributed by atoms with Crippen LogP contribution in [0.4, 0.5) is 5.13 Å². The normalized spacial score (nSPS) is 27.1. The van der Waals surface area contributed by atoms with E-state index < -0.39 is 18.2 Å². The van der Waals surface area contributed by atoms with Crippen LogP contribution in [0.5, 0.6) is 11.5 Å². The van der Waals surface area contributed by atoms with Gasteiger partial charge in [-0.2, -0.15) is 0 Å². The van der Waals surface area contributed by atoms with Crippen LogP contribution in [-0.2, 0) is 19.1 Å². The Hall–Kier alpha value is -3.48. The number of benzene rings is 1. The predicted octanol–water partition coefficient (Wildman–Crippen LogP) is 8.61. The molecule has 4 aliphatic rings. The first-order valence-corrected chi connectivity index (χ1v) is 20.6. The van der Waals surface area contributed by atoms with E-state index in [0.29, 0.717) is 64.0 Å². The molecule has 286 valence electrons. The molecule has 2 aliphatic carbocycles. The lowest BCUT2D eigenvalue weighted by Gasteiger charge is -2.30. The van der Waals surface area contributed by atoms with Crippen molar-refractivity contribution in [2.75, 3.05) is 19.0 Å². The molecule has 2 saturated carbocycles. The van der Waals surface area contributed by atoms with Crippen LogP contribution in [0.3, 0.4) is 0 Å². The van der Waals surface area contributed by atoms with E-state index >= 15 is 0 Å². The van der Waals surface area contributed by atoms with Gasteiger partial charge in [0.05, 0.1) is 36.5 Å². The largest absolute Gasteiger partial charge is 0.495 e.